The molecule has 1 aliphatic carbocycles. The Morgan fingerprint density at radius 1 is 1.11 bits per heavy atom. The van der Waals surface area contributed by atoms with Gasteiger partial charge in [0, 0.05) is 37.3 Å². The van der Waals surface area contributed by atoms with Crippen LogP contribution in [0.25, 0.3) is 0 Å². The Morgan fingerprint density at radius 3 is 2.54 bits per heavy atom. The molecule has 0 radical (unpaired) electrons. The number of carbonyl (C=O) groups excluding carboxylic acids is 1. The third kappa shape index (κ3) is 6.19. The lowest BCUT2D eigenvalue weighted by Gasteiger charge is -2.24. The zero-order chi connectivity index (χ0) is 19.1. The Morgan fingerprint density at radius 2 is 1.86 bits per heavy atom. The lowest BCUT2D eigenvalue weighted by atomic mass is 9.85. The summed E-state index contributed by atoms with van der Waals surface area (Å²) < 4.78 is 13.7. The molecule has 0 aromatic heterocycles. The smallest absolute Gasteiger partial charge is 0.227 e. The topological polar surface area (TPSA) is 65.5 Å². The first-order chi connectivity index (χ1) is 13.2. The number of benzene rings is 2. The van der Waals surface area contributed by atoms with Crippen LogP contribution in [0.15, 0.2) is 53.5 Å². The molecule has 28 heavy (non-hydrogen) atoms. The van der Waals surface area contributed by atoms with Crippen molar-refractivity contribution in [3.63, 3.8) is 0 Å². The number of anilines is 1. The number of nitrogens with zero attached hydrogens (tertiary/aromatic N) is 1. The first-order valence-corrected chi connectivity index (χ1v) is 9.23. The molecular weight excluding hydrogens is 470 g/mol. The monoisotopic (exact) mass is 496 g/mol. The third-order valence-electron chi connectivity index (χ3n) is 4.76. The van der Waals surface area contributed by atoms with Crippen LogP contribution in [0.1, 0.15) is 30.4 Å². The van der Waals surface area contributed by atoms with Crippen LogP contribution in [0.4, 0.5) is 10.1 Å². The molecule has 0 spiro atoms. The fourth-order valence-corrected chi connectivity index (χ4v) is 2.90. The van der Waals surface area contributed by atoms with Gasteiger partial charge in [0.05, 0.1) is 0 Å². The third-order valence-corrected chi connectivity index (χ3v) is 4.76. The Balaban J connectivity index is 0.00000280. The van der Waals surface area contributed by atoms with Crippen molar-refractivity contribution in [2.24, 2.45) is 10.9 Å². The molecule has 1 fully saturated rings. The quantitative estimate of drug-likeness (QED) is 0.321. The van der Waals surface area contributed by atoms with E-state index in [-0.39, 0.29) is 41.6 Å². The maximum absolute atomic E-state index is 13.7. The molecule has 2 aromatic rings. The van der Waals surface area contributed by atoms with Crippen LogP contribution < -0.4 is 16.0 Å². The van der Waals surface area contributed by atoms with Crippen molar-refractivity contribution in [3.05, 3.63) is 65.5 Å². The van der Waals surface area contributed by atoms with E-state index in [4.69, 9.17) is 0 Å². The van der Waals surface area contributed by atoms with Gasteiger partial charge in [-0.15, -0.1) is 24.0 Å². The summed E-state index contributed by atoms with van der Waals surface area (Å²) in [5.74, 6) is 0.611. The van der Waals surface area contributed by atoms with Gasteiger partial charge in [-0.1, -0.05) is 36.8 Å². The number of rotatable bonds is 6. The predicted octanol–water partition coefficient (Wildman–Crippen LogP) is 4.05. The molecule has 0 aliphatic heterocycles. The van der Waals surface area contributed by atoms with E-state index in [0.29, 0.717) is 24.6 Å². The molecule has 1 aliphatic rings. The van der Waals surface area contributed by atoms with Gasteiger partial charge in [-0.05, 0) is 36.6 Å². The molecule has 0 unspecified atom stereocenters. The predicted molar refractivity (Wildman–Crippen MR) is 121 cm³/mol. The van der Waals surface area contributed by atoms with E-state index >= 15 is 0 Å². The Bertz CT molecular complexity index is 824. The number of carbonyl (C=O) groups is 1. The summed E-state index contributed by atoms with van der Waals surface area (Å²) in [5, 5.41) is 9.29. The van der Waals surface area contributed by atoms with Crippen LogP contribution >= 0.6 is 24.0 Å². The minimum Gasteiger partial charge on any atom is -0.352 e. The number of hydrogen-bond donors (Lipinski definition) is 3. The van der Waals surface area contributed by atoms with Crippen LogP contribution in [0, 0.1) is 11.7 Å². The summed E-state index contributed by atoms with van der Waals surface area (Å²) in [6.45, 7) is 0.897. The largest absolute Gasteiger partial charge is 0.352 e. The zero-order valence-corrected chi connectivity index (χ0v) is 18.2. The SMILES string of the molecule is CN=C(NCc1cccc(NC(=O)C2CCC2)c1)NCc1ccccc1F.I. The van der Waals surface area contributed by atoms with Crippen molar-refractivity contribution in [3.8, 4) is 0 Å². The highest BCUT2D eigenvalue weighted by atomic mass is 127. The van der Waals surface area contributed by atoms with Gasteiger partial charge in [-0.3, -0.25) is 9.79 Å². The van der Waals surface area contributed by atoms with Gasteiger partial charge in [0.15, 0.2) is 5.96 Å². The van der Waals surface area contributed by atoms with Gasteiger partial charge < -0.3 is 16.0 Å². The number of hydrogen-bond acceptors (Lipinski definition) is 2. The van der Waals surface area contributed by atoms with E-state index in [1.807, 2.05) is 24.3 Å². The lowest BCUT2D eigenvalue weighted by Crippen LogP contribution is -2.36. The number of aliphatic imine (C=N–C) groups is 1. The average Bonchev–Trinajstić information content (AvgIpc) is 2.62. The summed E-state index contributed by atoms with van der Waals surface area (Å²) in [6.07, 6.45) is 3.11. The number of amides is 1. The van der Waals surface area contributed by atoms with Gasteiger partial charge >= 0.3 is 0 Å². The standard InChI is InChI=1S/C21H25FN4O.HI/c1-23-21(25-14-17-7-2-3-11-19(17)22)24-13-15-6-4-10-18(12-15)26-20(27)16-8-5-9-16;/h2-4,6-7,10-12,16H,5,8-9,13-14H2,1H3,(H,26,27)(H2,23,24,25);1H. The van der Waals surface area contributed by atoms with Gasteiger partial charge in [0.1, 0.15) is 5.82 Å². The second kappa shape index (κ2) is 11.0. The van der Waals surface area contributed by atoms with Crippen LogP contribution in [0.2, 0.25) is 0 Å². The van der Waals surface area contributed by atoms with Gasteiger partial charge in [0.2, 0.25) is 5.91 Å². The second-order valence-corrected chi connectivity index (χ2v) is 6.69. The van der Waals surface area contributed by atoms with E-state index in [1.54, 1.807) is 25.2 Å². The van der Waals surface area contributed by atoms with Crippen molar-refractivity contribution in [1.82, 2.24) is 10.6 Å². The maximum Gasteiger partial charge on any atom is 0.227 e. The molecule has 0 heterocycles. The molecule has 1 amide bonds. The molecule has 150 valence electrons. The average molecular weight is 496 g/mol. The van der Waals surface area contributed by atoms with Crippen molar-refractivity contribution in [1.29, 1.82) is 0 Å². The maximum atomic E-state index is 13.7. The molecule has 0 bridgehead atoms. The van der Waals surface area contributed by atoms with E-state index in [2.05, 4.69) is 20.9 Å². The fourth-order valence-electron chi connectivity index (χ4n) is 2.90. The Hall–Kier alpha value is -2.16. The molecule has 3 N–H and O–H groups in total. The molecule has 5 nitrogen and oxygen atoms in total. The molecule has 2 aromatic carbocycles. The van der Waals surface area contributed by atoms with Crippen molar-refractivity contribution in [2.45, 2.75) is 32.4 Å². The second-order valence-electron chi connectivity index (χ2n) is 6.69. The highest BCUT2D eigenvalue weighted by Gasteiger charge is 2.25. The molecule has 1 saturated carbocycles. The highest BCUT2D eigenvalue weighted by Crippen LogP contribution is 2.27. The van der Waals surface area contributed by atoms with Crippen LogP contribution in [0.5, 0.6) is 0 Å². The van der Waals surface area contributed by atoms with Gasteiger partial charge in [0.25, 0.3) is 0 Å². The number of halogens is 2. The van der Waals surface area contributed by atoms with Crippen LogP contribution in [0.3, 0.4) is 0 Å². The Labute approximate surface area is 182 Å². The summed E-state index contributed by atoms with van der Waals surface area (Å²) >= 11 is 0. The highest BCUT2D eigenvalue weighted by molar-refractivity contribution is 14.0. The van der Waals surface area contributed by atoms with E-state index in [1.165, 1.54) is 6.07 Å². The molecule has 3 rings (SSSR count). The zero-order valence-electron chi connectivity index (χ0n) is 15.9. The molecule has 0 saturated heterocycles. The van der Waals surface area contributed by atoms with Gasteiger partial charge in [-0.25, -0.2) is 4.39 Å². The summed E-state index contributed by atoms with van der Waals surface area (Å²) in [4.78, 5) is 16.2. The Kier molecular flexibility index (Phi) is 8.69. The van der Waals surface area contributed by atoms with Crippen molar-refractivity contribution in [2.75, 3.05) is 12.4 Å². The molecule has 7 heteroatoms. The van der Waals surface area contributed by atoms with Gasteiger partial charge in [-0.2, -0.15) is 0 Å². The van der Waals surface area contributed by atoms with Crippen molar-refractivity contribution >= 4 is 41.5 Å². The first-order valence-electron chi connectivity index (χ1n) is 9.23. The van der Waals surface area contributed by atoms with Crippen LogP contribution in [-0.2, 0) is 17.9 Å². The summed E-state index contributed by atoms with van der Waals surface area (Å²) in [5.41, 5.74) is 2.41. The summed E-state index contributed by atoms with van der Waals surface area (Å²) in [7, 11) is 1.67. The number of guanidine groups is 1. The first kappa shape index (κ1) is 22.1. The fraction of sp³-hybridized carbons (Fsp3) is 0.333. The van der Waals surface area contributed by atoms with Crippen LogP contribution in [-0.4, -0.2) is 18.9 Å². The summed E-state index contributed by atoms with van der Waals surface area (Å²) in [6, 6.07) is 14.4. The lowest BCUT2D eigenvalue weighted by molar-refractivity contribution is -0.122. The molecule has 0 atom stereocenters. The van der Waals surface area contributed by atoms with Crippen molar-refractivity contribution < 1.29 is 9.18 Å². The van der Waals surface area contributed by atoms with E-state index < -0.39 is 0 Å². The minimum atomic E-state index is -0.240. The normalized spacial score (nSPS) is 13.9. The number of nitrogens with one attached hydrogen (secondary N) is 3. The molecular formula is C21H26FIN4O. The minimum absolute atomic E-state index is 0. The van der Waals surface area contributed by atoms with E-state index in [0.717, 1.165) is 30.5 Å². The van der Waals surface area contributed by atoms with E-state index in [9.17, 15) is 9.18 Å².